The fraction of sp³-hybridized carbons (Fsp3) is 0. The van der Waals surface area contributed by atoms with E-state index in [1.165, 1.54) is 0 Å². The SMILES string of the molecule is C=O.[Mo].[Si]. The Kier molecular flexibility index (Phi) is 422. The molecule has 0 fully saturated rings. The summed E-state index contributed by atoms with van der Waals surface area (Å²) in [5.41, 5.74) is 0. The normalized spacial score (nSPS) is 1.00. The predicted molar refractivity (Wildman–Crippen MR) is 12.9 cm³/mol. The maximum absolute atomic E-state index is 8.00. The molecule has 0 rings (SSSR count). The van der Waals surface area contributed by atoms with Crippen molar-refractivity contribution in [2.45, 2.75) is 0 Å². The van der Waals surface area contributed by atoms with Gasteiger partial charge in [0.05, 0.1) is 0 Å². The summed E-state index contributed by atoms with van der Waals surface area (Å²) in [6.45, 7) is 2.00. The topological polar surface area (TPSA) is 17.1 Å². The van der Waals surface area contributed by atoms with Gasteiger partial charge in [0.1, 0.15) is 6.79 Å². The van der Waals surface area contributed by atoms with Crippen LogP contribution < -0.4 is 0 Å². The average Bonchev–Trinajstić information content (AvgIpc) is 1.00. The molecule has 0 saturated carbocycles. The maximum Gasteiger partial charge on any atom is 0.106 e. The van der Waals surface area contributed by atoms with Crippen LogP contribution in [0.15, 0.2) is 0 Å². The summed E-state index contributed by atoms with van der Waals surface area (Å²) >= 11 is 0. The van der Waals surface area contributed by atoms with Gasteiger partial charge < -0.3 is 4.79 Å². The second-order valence-corrected chi connectivity index (χ2v) is 0. The minimum absolute atomic E-state index is 0. The van der Waals surface area contributed by atoms with Crippen LogP contribution in [0.5, 0.6) is 0 Å². The molecule has 3 heteroatoms. The summed E-state index contributed by atoms with van der Waals surface area (Å²) in [4.78, 5) is 8.00. The Labute approximate surface area is 44.1 Å². The summed E-state index contributed by atoms with van der Waals surface area (Å²) in [5.74, 6) is 0. The zero-order valence-corrected chi connectivity index (χ0v) is 5.03. The van der Waals surface area contributed by atoms with Gasteiger partial charge >= 0.3 is 0 Å². The van der Waals surface area contributed by atoms with Gasteiger partial charge in [0, 0.05) is 32.0 Å². The molecule has 4 radical (unpaired) electrons. The van der Waals surface area contributed by atoms with E-state index in [0.717, 1.165) is 0 Å². The van der Waals surface area contributed by atoms with Gasteiger partial charge in [0.2, 0.25) is 0 Å². The van der Waals surface area contributed by atoms with Crippen molar-refractivity contribution >= 4 is 17.8 Å². The summed E-state index contributed by atoms with van der Waals surface area (Å²) in [7, 11) is 0. The minimum Gasteiger partial charge on any atom is -0.307 e. The molecule has 0 bridgehead atoms. The van der Waals surface area contributed by atoms with Crippen LogP contribution in [0.4, 0.5) is 0 Å². The van der Waals surface area contributed by atoms with Gasteiger partial charge in [-0.1, -0.05) is 0 Å². The smallest absolute Gasteiger partial charge is 0.106 e. The van der Waals surface area contributed by atoms with Crippen LogP contribution in [0.3, 0.4) is 0 Å². The van der Waals surface area contributed by atoms with Crippen molar-refractivity contribution in [2.24, 2.45) is 0 Å². The fourth-order valence-corrected chi connectivity index (χ4v) is 0. The van der Waals surface area contributed by atoms with E-state index < -0.39 is 0 Å². The van der Waals surface area contributed by atoms with E-state index in [0.29, 0.717) is 0 Å². The van der Waals surface area contributed by atoms with Crippen LogP contribution in [0, 0.1) is 0 Å². The van der Waals surface area contributed by atoms with Gasteiger partial charge in [-0.2, -0.15) is 0 Å². The van der Waals surface area contributed by atoms with E-state index in [1.807, 2.05) is 6.79 Å². The second kappa shape index (κ2) is 71.7. The van der Waals surface area contributed by atoms with Gasteiger partial charge in [0.15, 0.2) is 0 Å². The van der Waals surface area contributed by atoms with E-state index in [4.69, 9.17) is 4.79 Å². The van der Waals surface area contributed by atoms with Crippen LogP contribution in [-0.2, 0) is 25.9 Å². The number of hydrogen-bond donors (Lipinski definition) is 0. The van der Waals surface area contributed by atoms with E-state index in [9.17, 15) is 0 Å². The van der Waals surface area contributed by atoms with Gasteiger partial charge in [-0.3, -0.25) is 0 Å². The first-order chi connectivity index (χ1) is 1.00. The summed E-state index contributed by atoms with van der Waals surface area (Å²) in [6.07, 6.45) is 0. The van der Waals surface area contributed by atoms with Crippen LogP contribution in [-0.4, -0.2) is 17.8 Å². The molecule has 0 aliphatic heterocycles. The van der Waals surface area contributed by atoms with Gasteiger partial charge in [-0.25, -0.2) is 0 Å². The van der Waals surface area contributed by atoms with Crippen molar-refractivity contribution < 1.29 is 25.9 Å². The molecule has 4 heavy (non-hydrogen) atoms. The maximum atomic E-state index is 8.00. The van der Waals surface area contributed by atoms with Crippen molar-refractivity contribution in [3.63, 3.8) is 0 Å². The first-order valence-corrected chi connectivity index (χ1v) is 0.289. The van der Waals surface area contributed by atoms with E-state index in [1.54, 1.807) is 0 Å². The molecule has 0 saturated heterocycles. The van der Waals surface area contributed by atoms with Gasteiger partial charge in [-0.15, -0.1) is 0 Å². The van der Waals surface area contributed by atoms with Crippen LogP contribution in [0.2, 0.25) is 0 Å². The van der Waals surface area contributed by atoms with E-state index in [-0.39, 0.29) is 32.0 Å². The van der Waals surface area contributed by atoms with E-state index >= 15 is 0 Å². The van der Waals surface area contributed by atoms with Crippen molar-refractivity contribution in [1.29, 1.82) is 0 Å². The van der Waals surface area contributed by atoms with Crippen molar-refractivity contribution in [2.75, 3.05) is 0 Å². The third-order valence-corrected chi connectivity index (χ3v) is 0. The molecule has 0 heterocycles. The largest absolute Gasteiger partial charge is 0.307 e. The van der Waals surface area contributed by atoms with E-state index in [2.05, 4.69) is 0 Å². The Morgan fingerprint density at radius 3 is 1.25 bits per heavy atom. The molecule has 1 nitrogen and oxygen atoms in total. The molecule has 0 aromatic heterocycles. The summed E-state index contributed by atoms with van der Waals surface area (Å²) in [5, 5.41) is 0. The quantitative estimate of drug-likeness (QED) is 0.427. The Morgan fingerprint density at radius 2 is 1.25 bits per heavy atom. The number of carbonyl (C=O) groups is 1. The molecule has 0 atom stereocenters. The van der Waals surface area contributed by atoms with Crippen LogP contribution in [0.25, 0.3) is 0 Å². The van der Waals surface area contributed by atoms with Crippen molar-refractivity contribution in [3.05, 3.63) is 0 Å². The zero-order chi connectivity index (χ0) is 2.00. The third kappa shape index (κ3) is 19.3. The molecule has 0 spiro atoms. The van der Waals surface area contributed by atoms with Crippen LogP contribution in [0.1, 0.15) is 0 Å². The fourth-order valence-electron chi connectivity index (χ4n) is 0. The van der Waals surface area contributed by atoms with Gasteiger partial charge in [0.25, 0.3) is 0 Å². The number of rotatable bonds is 0. The molecular weight excluding hydrogens is 152 g/mol. The first-order valence-electron chi connectivity index (χ1n) is 0.289. The zero-order valence-electron chi connectivity index (χ0n) is 2.02. The molecule has 0 aliphatic rings. The molecule has 0 N–H and O–H groups in total. The van der Waals surface area contributed by atoms with Gasteiger partial charge in [-0.05, 0) is 0 Å². The molecule has 0 aliphatic carbocycles. The Bertz CT molecular complexity index is 8.00. The molecule has 22 valence electrons. The third-order valence-electron chi connectivity index (χ3n) is 0. The molecule has 0 aromatic carbocycles. The molecule has 0 unspecified atom stereocenters. The minimum atomic E-state index is 0. The number of hydrogen-bond acceptors (Lipinski definition) is 1. The molecular formula is CH2MoOSi. The number of carbonyl (C=O) groups excluding carboxylic acids is 1. The van der Waals surface area contributed by atoms with Crippen molar-refractivity contribution in [1.82, 2.24) is 0 Å². The first kappa shape index (κ1) is 23.6. The molecule has 0 aromatic rings. The standard InChI is InChI=1S/CH2O.Mo.Si/c1-2;;/h1H2;;. The van der Waals surface area contributed by atoms with Crippen molar-refractivity contribution in [3.8, 4) is 0 Å². The average molecular weight is 154 g/mol. The Hall–Kier alpha value is 0.575. The second-order valence-electron chi connectivity index (χ2n) is 0. The monoisotopic (exact) mass is 156 g/mol. The summed E-state index contributed by atoms with van der Waals surface area (Å²) in [6, 6.07) is 0. The molecule has 0 amide bonds. The predicted octanol–water partition coefficient (Wildman–Crippen LogP) is -0.568. The Morgan fingerprint density at radius 1 is 1.25 bits per heavy atom. The Balaban J connectivity index is -0.00000000500. The van der Waals surface area contributed by atoms with Crippen LogP contribution >= 0.6 is 0 Å². The summed E-state index contributed by atoms with van der Waals surface area (Å²) < 4.78 is 0.